The van der Waals surface area contributed by atoms with E-state index in [0.29, 0.717) is 36.8 Å². The molecule has 1 fully saturated rings. The predicted molar refractivity (Wildman–Crippen MR) is 62.8 cm³/mol. The van der Waals surface area contributed by atoms with Crippen LogP contribution in [0.4, 0.5) is 0 Å². The lowest BCUT2D eigenvalue weighted by molar-refractivity contribution is -0.120. The summed E-state index contributed by atoms with van der Waals surface area (Å²) < 4.78 is 0. The van der Waals surface area contributed by atoms with E-state index in [0.717, 1.165) is 0 Å². The van der Waals surface area contributed by atoms with Crippen molar-refractivity contribution in [1.29, 1.82) is 0 Å². The Labute approximate surface area is 104 Å². The lowest BCUT2D eigenvalue weighted by Crippen LogP contribution is -2.34. The van der Waals surface area contributed by atoms with Gasteiger partial charge < -0.3 is 10.2 Å². The van der Waals surface area contributed by atoms with Gasteiger partial charge in [-0.2, -0.15) is 0 Å². The van der Waals surface area contributed by atoms with Gasteiger partial charge in [-0.25, -0.2) is 0 Å². The average Bonchev–Trinajstić information content (AvgIpc) is 2.53. The summed E-state index contributed by atoms with van der Waals surface area (Å²) >= 11 is 5.81. The van der Waals surface area contributed by atoms with Crippen LogP contribution in [0.15, 0.2) is 18.3 Å². The number of carbonyl (C=O) groups excluding carboxylic acids is 2. The Morgan fingerprint density at radius 3 is 3.06 bits per heavy atom. The molecule has 1 aromatic heterocycles. The maximum absolute atomic E-state index is 12.1. The van der Waals surface area contributed by atoms with Crippen molar-refractivity contribution in [3.05, 3.63) is 29.0 Å². The SMILES string of the molecule is O=C1CCN(C(=O)c2cc(Cl)ccn2)CCN1. The largest absolute Gasteiger partial charge is 0.354 e. The predicted octanol–water partition coefficient (Wildman–Crippen LogP) is 0.697. The van der Waals surface area contributed by atoms with Gasteiger partial charge >= 0.3 is 0 Å². The number of amides is 2. The first-order valence-electron chi connectivity index (χ1n) is 5.34. The van der Waals surface area contributed by atoms with E-state index in [2.05, 4.69) is 10.3 Å². The monoisotopic (exact) mass is 253 g/mol. The first kappa shape index (κ1) is 11.9. The summed E-state index contributed by atoms with van der Waals surface area (Å²) in [6.07, 6.45) is 1.82. The van der Waals surface area contributed by atoms with Crippen molar-refractivity contribution >= 4 is 23.4 Å². The zero-order valence-corrected chi connectivity index (χ0v) is 9.91. The van der Waals surface area contributed by atoms with Crippen molar-refractivity contribution in [3.8, 4) is 0 Å². The van der Waals surface area contributed by atoms with Gasteiger partial charge in [-0.1, -0.05) is 11.6 Å². The highest BCUT2D eigenvalue weighted by molar-refractivity contribution is 6.30. The van der Waals surface area contributed by atoms with Gasteiger partial charge in [0.15, 0.2) is 0 Å². The molecule has 0 spiro atoms. The van der Waals surface area contributed by atoms with E-state index in [9.17, 15) is 9.59 Å². The van der Waals surface area contributed by atoms with Crippen molar-refractivity contribution in [2.75, 3.05) is 19.6 Å². The number of carbonyl (C=O) groups is 2. The molecule has 6 heteroatoms. The van der Waals surface area contributed by atoms with Crippen LogP contribution in [0.1, 0.15) is 16.9 Å². The Balaban J connectivity index is 2.11. The van der Waals surface area contributed by atoms with E-state index in [-0.39, 0.29) is 11.8 Å². The van der Waals surface area contributed by atoms with Crippen LogP contribution in [-0.2, 0) is 4.79 Å². The molecule has 1 aromatic rings. The molecule has 1 saturated heterocycles. The second-order valence-electron chi connectivity index (χ2n) is 3.75. The fraction of sp³-hybridized carbons (Fsp3) is 0.364. The van der Waals surface area contributed by atoms with Crippen LogP contribution in [0.25, 0.3) is 0 Å². The Bertz CT molecular complexity index is 450. The average molecular weight is 254 g/mol. The molecule has 2 heterocycles. The molecule has 2 rings (SSSR count). The maximum Gasteiger partial charge on any atom is 0.272 e. The fourth-order valence-electron chi connectivity index (χ4n) is 1.65. The van der Waals surface area contributed by atoms with E-state index in [1.54, 1.807) is 11.0 Å². The lowest BCUT2D eigenvalue weighted by atomic mass is 10.3. The molecule has 5 nitrogen and oxygen atoms in total. The number of nitrogens with zero attached hydrogens (tertiary/aromatic N) is 2. The molecule has 0 saturated carbocycles. The Hall–Kier alpha value is -1.62. The number of hydrogen-bond donors (Lipinski definition) is 1. The third-order valence-electron chi connectivity index (χ3n) is 2.54. The van der Waals surface area contributed by atoms with E-state index in [4.69, 9.17) is 11.6 Å². The topological polar surface area (TPSA) is 62.3 Å². The summed E-state index contributed by atoms with van der Waals surface area (Å²) in [6.45, 7) is 1.39. The molecular formula is C11H12ClN3O2. The number of rotatable bonds is 1. The van der Waals surface area contributed by atoms with Gasteiger partial charge in [-0.3, -0.25) is 14.6 Å². The van der Waals surface area contributed by atoms with Gasteiger partial charge in [-0.15, -0.1) is 0 Å². The number of hydrogen-bond acceptors (Lipinski definition) is 3. The Kier molecular flexibility index (Phi) is 3.58. The second-order valence-corrected chi connectivity index (χ2v) is 4.19. The highest BCUT2D eigenvalue weighted by atomic mass is 35.5. The molecule has 0 radical (unpaired) electrons. The van der Waals surface area contributed by atoms with Gasteiger partial charge in [0, 0.05) is 37.3 Å². The first-order valence-corrected chi connectivity index (χ1v) is 5.72. The van der Waals surface area contributed by atoms with Crippen molar-refractivity contribution in [2.45, 2.75) is 6.42 Å². The van der Waals surface area contributed by atoms with Crippen molar-refractivity contribution < 1.29 is 9.59 Å². The number of halogens is 1. The zero-order chi connectivity index (χ0) is 12.3. The van der Waals surface area contributed by atoms with Crippen molar-refractivity contribution in [3.63, 3.8) is 0 Å². The highest BCUT2D eigenvalue weighted by Gasteiger charge is 2.20. The molecule has 90 valence electrons. The first-order chi connectivity index (χ1) is 8.16. The highest BCUT2D eigenvalue weighted by Crippen LogP contribution is 2.10. The zero-order valence-electron chi connectivity index (χ0n) is 9.15. The number of pyridine rings is 1. The minimum atomic E-state index is -0.191. The van der Waals surface area contributed by atoms with Crippen LogP contribution in [0.5, 0.6) is 0 Å². The summed E-state index contributed by atoms with van der Waals surface area (Å²) in [4.78, 5) is 28.8. The fourth-order valence-corrected chi connectivity index (χ4v) is 1.81. The summed E-state index contributed by atoms with van der Waals surface area (Å²) in [6, 6.07) is 3.15. The summed E-state index contributed by atoms with van der Waals surface area (Å²) in [7, 11) is 0. The Morgan fingerprint density at radius 2 is 2.29 bits per heavy atom. The van der Waals surface area contributed by atoms with Gasteiger partial charge in [0.1, 0.15) is 5.69 Å². The standard InChI is InChI=1S/C11H12ClN3O2/c12-8-1-3-13-9(7-8)11(17)15-5-2-10(16)14-4-6-15/h1,3,7H,2,4-6H2,(H,14,16). The summed E-state index contributed by atoms with van der Waals surface area (Å²) in [5, 5.41) is 3.19. The quantitative estimate of drug-likeness (QED) is 0.801. The van der Waals surface area contributed by atoms with E-state index in [1.807, 2.05) is 0 Å². The lowest BCUT2D eigenvalue weighted by Gasteiger charge is -2.18. The van der Waals surface area contributed by atoms with Crippen LogP contribution >= 0.6 is 11.6 Å². The van der Waals surface area contributed by atoms with Crippen molar-refractivity contribution in [2.24, 2.45) is 0 Å². The van der Waals surface area contributed by atoms with Crippen LogP contribution in [0, 0.1) is 0 Å². The normalized spacial score (nSPS) is 16.3. The van der Waals surface area contributed by atoms with Crippen LogP contribution in [0.3, 0.4) is 0 Å². The molecule has 0 aromatic carbocycles. The van der Waals surface area contributed by atoms with Gasteiger partial charge in [0.25, 0.3) is 5.91 Å². The smallest absolute Gasteiger partial charge is 0.272 e. The number of nitrogens with one attached hydrogen (secondary N) is 1. The summed E-state index contributed by atoms with van der Waals surface area (Å²) in [5.41, 5.74) is 0.312. The van der Waals surface area contributed by atoms with E-state index in [1.165, 1.54) is 12.3 Å². The molecule has 0 unspecified atom stereocenters. The summed E-state index contributed by atoms with van der Waals surface area (Å²) in [5.74, 6) is -0.219. The minimum absolute atomic E-state index is 0.0284. The van der Waals surface area contributed by atoms with E-state index < -0.39 is 0 Å². The van der Waals surface area contributed by atoms with Crippen LogP contribution < -0.4 is 5.32 Å². The Morgan fingerprint density at radius 1 is 1.47 bits per heavy atom. The molecule has 17 heavy (non-hydrogen) atoms. The second kappa shape index (κ2) is 5.14. The maximum atomic E-state index is 12.1. The van der Waals surface area contributed by atoms with Gasteiger partial charge in [0.2, 0.25) is 5.91 Å². The molecule has 0 atom stereocenters. The third kappa shape index (κ3) is 2.94. The van der Waals surface area contributed by atoms with Gasteiger partial charge in [-0.05, 0) is 12.1 Å². The van der Waals surface area contributed by atoms with Crippen LogP contribution in [0.2, 0.25) is 5.02 Å². The molecule has 2 amide bonds. The minimum Gasteiger partial charge on any atom is -0.354 e. The molecule has 1 N–H and O–H groups in total. The molecule has 1 aliphatic heterocycles. The molecule has 0 aliphatic carbocycles. The van der Waals surface area contributed by atoms with Gasteiger partial charge in [0.05, 0.1) is 0 Å². The third-order valence-corrected chi connectivity index (χ3v) is 2.78. The molecule has 0 bridgehead atoms. The van der Waals surface area contributed by atoms with E-state index >= 15 is 0 Å². The van der Waals surface area contributed by atoms with Crippen LogP contribution in [-0.4, -0.2) is 41.3 Å². The molecule has 1 aliphatic rings. The number of aromatic nitrogens is 1. The molecular weight excluding hydrogens is 242 g/mol. The van der Waals surface area contributed by atoms with Crippen molar-refractivity contribution in [1.82, 2.24) is 15.2 Å².